The van der Waals surface area contributed by atoms with Crippen molar-refractivity contribution in [2.45, 2.75) is 401 Å². The van der Waals surface area contributed by atoms with Crippen LogP contribution in [0.4, 0.5) is 0 Å². The lowest BCUT2D eigenvalue weighted by Gasteiger charge is -2.48. The zero-order valence-electron chi connectivity index (χ0n) is 59.2. The third-order valence-electron chi connectivity index (χ3n) is 19.1. The van der Waals surface area contributed by atoms with E-state index in [2.05, 4.69) is 55.6 Å². The lowest BCUT2D eigenvalue weighted by atomic mass is 9.96. The molecule has 19 heteroatoms. The number of aliphatic hydroxyl groups excluding tert-OH is 11. The van der Waals surface area contributed by atoms with Crippen molar-refractivity contribution in [2.24, 2.45) is 0 Å². The van der Waals surface area contributed by atoms with Crippen LogP contribution in [0.15, 0.2) is 48.6 Å². The van der Waals surface area contributed by atoms with Gasteiger partial charge in [-0.1, -0.05) is 274 Å². The molecule has 0 aliphatic carbocycles. The van der Waals surface area contributed by atoms with Gasteiger partial charge < -0.3 is 89.9 Å². The van der Waals surface area contributed by atoms with Crippen molar-refractivity contribution in [1.82, 2.24) is 5.32 Å². The van der Waals surface area contributed by atoms with Crippen molar-refractivity contribution in [1.29, 1.82) is 0 Å². The Morgan fingerprint density at radius 3 is 1.12 bits per heavy atom. The lowest BCUT2D eigenvalue weighted by Crippen LogP contribution is -2.66. The smallest absolute Gasteiger partial charge is 0.220 e. The number of ether oxygens (including phenoxy) is 6. The van der Waals surface area contributed by atoms with Gasteiger partial charge >= 0.3 is 0 Å². The van der Waals surface area contributed by atoms with Crippen LogP contribution in [-0.2, 0) is 33.2 Å². The molecule has 12 N–H and O–H groups in total. The molecule has 556 valence electrons. The lowest BCUT2D eigenvalue weighted by molar-refractivity contribution is -0.379. The van der Waals surface area contributed by atoms with Gasteiger partial charge in [-0.15, -0.1) is 0 Å². The third-order valence-corrected chi connectivity index (χ3v) is 19.1. The molecular formula is C76H139NO18. The Morgan fingerprint density at radius 2 is 0.705 bits per heavy atom. The Balaban J connectivity index is 1.40. The van der Waals surface area contributed by atoms with E-state index in [4.69, 9.17) is 28.4 Å². The van der Waals surface area contributed by atoms with E-state index in [0.717, 1.165) is 44.9 Å². The fourth-order valence-corrected chi connectivity index (χ4v) is 12.9. The number of rotatable bonds is 60. The van der Waals surface area contributed by atoms with E-state index in [0.29, 0.717) is 12.8 Å². The monoisotopic (exact) mass is 1350 g/mol. The summed E-state index contributed by atoms with van der Waals surface area (Å²) in [7, 11) is 0. The van der Waals surface area contributed by atoms with Crippen molar-refractivity contribution < 1.29 is 89.4 Å². The number of amides is 1. The van der Waals surface area contributed by atoms with Crippen molar-refractivity contribution in [3.63, 3.8) is 0 Å². The van der Waals surface area contributed by atoms with Gasteiger partial charge in [-0.3, -0.25) is 4.79 Å². The maximum atomic E-state index is 13.4. The summed E-state index contributed by atoms with van der Waals surface area (Å²) in [6, 6.07) is -0.991. The minimum atomic E-state index is -1.98. The predicted molar refractivity (Wildman–Crippen MR) is 374 cm³/mol. The highest BCUT2D eigenvalue weighted by molar-refractivity contribution is 5.76. The zero-order valence-corrected chi connectivity index (χ0v) is 59.2. The normalized spacial score (nSPS) is 27.4. The van der Waals surface area contributed by atoms with Crippen LogP contribution in [0, 0.1) is 0 Å². The van der Waals surface area contributed by atoms with Crippen molar-refractivity contribution >= 4 is 5.91 Å². The SMILES string of the molecule is CCCCCCC/C=C\C/C=C\CCCCCCCCCCCCCCCCCCCC(=O)NC(COC1OC(CO)C(OC2OC(CO)C(OC3OC(CO)C(O)C(O)C3O)C(O)C2O)C(O)C1O)C(O)/C=C/CC/C=C/CCCCCCCCCCCCCCCCC. The fraction of sp³-hybridized carbons (Fsp3) is 0.882. The number of carbonyl (C=O) groups excluding carboxylic acids is 1. The first-order valence-electron chi connectivity index (χ1n) is 38.4. The molecule has 3 rings (SSSR count). The Morgan fingerprint density at radius 1 is 0.379 bits per heavy atom. The average molecular weight is 1350 g/mol. The second kappa shape index (κ2) is 57.4. The minimum Gasteiger partial charge on any atom is -0.394 e. The van der Waals surface area contributed by atoms with Crippen LogP contribution in [0.2, 0.25) is 0 Å². The van der Waals surface area contributed by atoms with Gasteiger partial charge in [0.2, 0.25) is 5.91 Å². The van der Waals surface area contributed by atoms with E-state index in [1.165, 1.54) is 218 Å². The molecule has 0 radical (unpaired) electrons. The molecule has 3 heterocycles. The van der Waals surface area contributed by atoms with Crippen molar-refractivity contribution in [3.8, 4) is 0 Å². The predicted octanol–water partition coefficient (Wildman–Crippen LogP) is 11.7. The first kappa shape index (κ1) is 87.0. The van der Waals surface area contributed by atoms with E-state index in [1.54, 1.807) is 6.08 Å². The first-order valence-corrected chi connectivity index (χ1v) is 38.4. The molecule has 0 aromatic rings. The molecule has 1 amide bonds. The number of hydrogen-bond donors (Lipinski definition) is 12. The third kappa shape index (κ3) is 38.4. The van der Waals surface area contributed by atoms with E-state index >= 15 is 0 Å². The molecule has 17 atom stereocenters. The molecule has 3 aliphatic heterocycles. The number of unbranched alkanes of at least 4 members (excludes halogenated alkanes) is 38. The van der Waals surface area contributed by atoms with E-state index in [1.807, 2.05) is 6.08 Å². The highest BCUT2D eigenvalue weighted by Gasteiger charge is 2.53. The van der Waals surface area contributed by atoms with Crippen LogP contribution >= 0.6 is 0 Å². The largest absolute Gasteiger partial charge is 0.394 e. The molecule has 17 unspecified atom stereocenters. The highest BCUT2D eigenvalue weighted by Crippen LogP contribution is 2.33. The minimum absolute atomic E-state index is 0.237. The van der Waals surface area contributed by atoms with Gasteiger partial charge in [0.15, 0.2) is 18.9 Å². The van der Waals surface area contributed by atoms with Crippen molar-refractivity contribution in [2.75, 3.05) is 26.4 Å². The van der Waals surface area contributed by atoms with Gasteiger partial charge in [0.05, 0.1) is 38.6 Å². The molecule has 95 heavy (non-hydrogen) atoms. The maximum absolute atomic E-state index is 13.4. The number of carbonyl (C=O) groups is 1. The molecule has 3 fully saturated rings. The summed E-state index contributed by atoms with van der Waals surface area (Å²) in [4.78, 5) is 13.4. The van der Waals surface area contributed by atoms with E-state index < -0.39 is 124 Å². The van der Waals surface area contributed by atoms with Gasteiger partial charge in [-0.25, -0.2) is 0 Å². The van der Waals surface area contributed by atoms with Gasteiger partial charge in [-0.05, 0) is 64.2 Å². The first-order chi connectivity index (χ1) is 46.3. The summed E-state index contributed by atoms with van der Waals surface area (Å²) in [6.45, 7) is 1.74. The summed E-state index contributed by atoms with van der Waals surface area (Å²) in [5, 5.41) is 121. The number of aliphatic hydroxyl groups is 11. The molecule has 0 bridgehead atoms. The van der Waals surface area contributed by atoms with E-state index in [9.17, 15) is 61.0 Å². The summed E-state index contributed by atoms with van der Waals surface area (Å²) >= 11 is 0. The number of nitrogens with one attached hydrogen (secondary N) is 1. The van der Waals surface area contributed by atoms with Crippen LogP contribution in [0.1, 0.15) is 296 Å². The second-order valence-corrected chi connectivity index (χ2v) is 27.5. The fourth-order valence-electron chi connectivity index (χ4n) is 12.9. The maximum Gasteiger partial charge on any atom is 0.220 e. The molecule has 0 aromatic heterocycles. The Hall–Kier alpha value is -2.25. The van der Waals surface area contributed by atoms with Crippen LogP contribution in [0.5, 0.6) is 0 Å². The van der Waals surface area contributed by atoms with Gasteiger partial charge in [0.25, 0.3) is 0 Å². The zero-order chi connectivity index (χ0) is 68.9. The molecular weight excluding hydrogens is 1210 g/mol. The van der Waals surface area contributed by atoms with Crippen LogP contribution < -0.4 is 5.32 Å². The summed E-state index contributed by atoms with van der Waals surface area (Å²) < 4.78 is 34.4. The summed E-state index contributed by atoms with van der Waals surface area (Å²) in [6.07, 6.45) is 43.8. The molecule has 19 nitrogen and oxygen atoms in total. The van der Waals surface area contributed by atoms with E-state index in [-0.39, 0.29) is 18.9 Å². The Bertz CT molecular complexity index is 1910. The van der Waals surface area contributed by atoms with Gasteiger partial charge in [0.1, 0.15) is 73.2 Å². The standard InChI is InChI=1S/C76H139NO18/c1-3-5-7-9-11-13-15-17-19-21-23-25-26-27-28-29-30-31-32-34-36-38-40-42-44-46-48-50-52-54-64(82)77-59(60(81)53-51-49-47-45-43-41-39-37-35-33-24-22-20-18-16-14-12-10-8-6-4-2)58-90-74-70(88)67(85)72(62(56-79)92-74)95-76-71(89)68(86)73(63(57-80)93-76)94-75-69(87)66(84)65(83)61(55-78)91-75/h15,17,21,23,43,45,51,53,59-63,65-76,78-81,83-89H,3-14,16,18-20,22,24-42,44,46-50,52,54-58H2,1-2H3,(H,77,82)/b17-15-,23-21-,45-43+,53-51+. The second-order valence-electron chi connectivity index (χ2n) is 27.5. The Labute approximate surface area is 573 Å². The molecule has 3 saturated heterocycles. The van der Waals surface area contributed by atoms with Crippen LogP contribution in [0.25, 0.3) is 0 Å². The quantitative estimate of drug-likeness (QED) is 0.0199. The number of hydrogen-bond acceptors (Lipinski definition) is 18. The summed E-state index contributed by atoms with van der Waals surface area (Å²) in [5.41, 5.74) is 0. The highest BCUT2D eigenvalue weighted by atomic mass is 16.8. The van der Waals surface area contributed by atoms with Crippen LogP contribution in [-0.4, -0.2) is 193 Å². The van der Waals surface area contributed by atoms with Crippen LogP contribution in [0.3, 0.4) is 0 Å². The average Bonchev–Trinajstić information content (AvgIpc) is 0.786. The summed E-state index contributed by atoms with van der Waals surface area (Å²) in [5.74, 6) is -0.282. The van der Waals surface area contributed by atoms with Gasteiger partial charge in [-0.2, -0.15) is 0 Å². The van der Waals surface area contributed by atoms with Crippen molar-refractivity contribution in [3.05, 3.63) is 48.6 Å². The molecule has 3 aliphatic rings. The molecule has 0 saturated carbocycles. The molecule has 0 aromatic carbocycles. The Kier molecular flexibility index (Phi) is 52.5. The molecule has 0 spiro atoms. The van der Waals surface area contributed by atoms with Gasteiger partial charge in [0, 0.05) is 6.42 Å². The number of allylic oxidation sites excluding steroid dienone is 7. The topological polar surface area (TPSA) is 307 Å².